The van der Waals surface area contributed by atoms with Crippen LogP contribution in [0.25, 0.3) is 0 Å². The van der Waals surface area contributed by atoms with Gasteiger partial charge in [-0.15, -0.1) is 0 Å². The maximum Gasteiger partial charge on any atom is 0.267 e. The predicted molar refractivity (Wildman–Crippen MR) is 109 cm³/mol. The smallest absolute Gasteiger partial charge is 0.267 e. The molecule has 1 atom stereocenters. The van der Waals surface area contributed by atoms with Crippen LogP contribution in [-0.2, 0) is 21.2 Å². The molecule has 2 aromatic rings. The number of benzene rings is 1. The Balaban J connectivity index is 2.49. The molecule has 152 valence electrons. The minimum absolute atomic E-state index is 0.0330. The maximum atomic E-state index is 13.1. The second-order valence-electron chi connectivity index (χ2n) is 7.64. The van der Waals surface area contributed by atoms with Crippen molar-refractivity contribution in [2.45, 2.75) is 51.5 Å². The fourth-order valence-electron chi connectivity index (χ4n) is 3.25. The summed E-state index contributed by atoms with van der Waals surface area (Å²) in [5.41, 5.74) is 0.280. The number of nitrogens with zero attached hydrogens (tertiary/aromatic N) is 2. The molecule has 0 spiro atoms. The molecule has 2 rings (SSSR count). The summed E-state index contributed by atoms with van der Waals surface area (Å²) in [6.07, 6.45) is 1.30. The third-order valence-electron chi connectivity index (χ3n) is 4.67. The summed E-state index contributed by atoms with van der Waals surface area (Å²) < 4.78 is 27.7. The van der Waals surface area contributed by atoms with Gasteiger partial charge in [0.2, 0.25) is 6.04 Å². The van der Waals surface area contributed by atoms with Crippen LogP contribution in [-0.4, -0.2) is 29.1 Å². The van der Waals surface area contributed by atoms with E-state index in [2.05, 4.69) is 15.9 Å². The Bertz CT molecular complexity index is 994. The predicted octanol–water partition coefficient (Wildman–Crippen LogP) is 3.99. The van der Waals surface area contributed by atoms with Crippen molar-refractivity contribution in [3.63, 3.8) is 0 Å². The Hall–Kier alpha value is -2.00. The van der Waals surface area contributed by atoms with E-state index < -0.39 is 26.4 Å². The number of hydrogen-bond donors (Lipinski definition) is 0. The summed E-state index contributed by atoms with van der Waals surface area (Å²) in [4.78, 5) is 22.9. The van der Waals surface area contributed by atoms with Crippen LogP contribution in [0.1, 0.15) is 38.4 Å². The van der Waals surface area contributed by atoms with Crippen LogP contribution in [0, 0.1) is 22.5 Å². The zero-order valence-electron chi connectivity index (χ0n) is 16.2. The molecule has 0 fully saturated rings. The molecule has 0 aliphatic rings. The first-order valence-corrected chi connectivity index (χ1v) is 10.9. The third kappa shape index (κ3) is 4.88. The molecular formula is C19H23BrN2O5S. The van der Waals surface area contributed by atoms with Crippen LogP contribution >= 0.6 is 15.9 Å². The molecule has 0 bridgehead atoms. The Morgan fingerprint density at radius 3 is 2.36 bits per heavy atom. The third-order valence-corrected chi connectivity index (χ3v) is 6.83. The van der Waals surface area contributed by atoms with Gasteiger partial charge in [-0.3, -0.25) is 10.1 Å². The monoisotopic (exact) mass is 470 g/mol. The lowest BCUT2D eigenvalue weighted by Gasteiger charge is -2.27. The molecule has 0 aliphatic heterocycles. The highest BCUT2D eigenvalue weighted by Gasteiger charge is 2.41. The zero-order valence-corrected chi connectivity index (χ0v) is 18.6. The molecule has 0 saturated heterocycles. The highest BCUT2D eigenvalue weighted by atomic mass is 79.9. The number of carbonyl (C=O) groups is 1. The van der Waals surface area contributed by atoms with Gasteiger partial charge in [0.15, 0.2) is 0 Å². The molecule has 7 nitrogen and oxygen atoms in total. The fraction of sp³-hybridized carbons (Fsp3) is 0.421. The zero-order chi connectivity index (χ0) is 21.3. The van der Waals surface area contributed by atoms with Gasteiger partial charge in [0.25, 0.3) is 10.0 Å². The van der Waals surface area contributed by atoms with Crippen molar-refractivity contribution < 1.29 is 18.1 Å². The van der Waals surface area contributed by atoms with Gasteiger partial charge in [-0.25, -0.2) is 12.4 Å². The summed E-state index contributed by atoms with van der Waals surface area (Å²) in [6, 6.07) is 6.85. The number of halogens is 1. The minimum Gasteiger partial charge on any atom is -0.300 e. The lowest BCUT2D eigenvalue weighted by atomic mass is 9.78. The summed E-state index contributed by atoms with van der Waals surface area (Å²) in [7, 11) is -3.91. The van der Waals surface area contributed by atoms with E-state index in [-0.39, 0.29) is 29.2 Å². The Morgan fingerprint density at radius 1 is 1.29 bits per heavy atom. The average Bonchev–Trinajstić information content (AvgIpc) is 2.93. The number of Topliss-reactive ketones (excluding diaryl/α,β-unsaturated/α-hetero) is 1. The van der Waals surface area contributed by atoms with Gasteiger partial charge in [0.05, 0.1) is 11.3 Å². The molecule has 0 amide bonds. The van der Waals surface area contributed by atoms with Crippen molar-refractivity contribution in [3.05, 3.63) is 62.4 Å². The van der Waals surface area contributed by atoms with Crippen molar-refractivity contribution in [1.29, 1.82) is 0 Å². The molecule has 1 aromatic carbocycles. The molecule has 0 saturated carbocycles. The number of aromatic nitrogens is 1. The van der Waals surface area contributed by atoms with E-state index in [1.165, 1.54) is 25.3 Å². The second kappa shape index (κ2) is 8.16. The minimum atomic E-state index is -3.91. The molecule has 1 aromatic heterocycles. The highest BCUT2D eigenvalue weighted by molar-refractivity contribution is 9.10. The number of carbonyl (C=O) groups excluding carboxylic acids is 1. The van der Waals surface area contributed by atoms with Crippen LogP contribution in [0.15, 0.2) is 45.9 Å². The molecule has 0 radical (unpaired) electrons. The highest BCUT2D eigenvalue weighted by Crippen LogP contribution is 2.32. The fourth-order valence-corrected chi connectivity index (χ4v) is 5.25. The van der Waals surface area contributed by atoms with Gasteiger partial charge in [-0.2, -0.15) is 0 Å². The molecule has 28 heavy (non-hydrogen) atoms. The number of nitro groups is 1. The summed E-state index contributed by atoms with van der Waals surface area (Å²) >= 11 is 3.27. The van der Waals surface area contributed by atoms with Crippen LogP contribution < -0.4 is 0 Å². The topological polar surface area (TPSA) is 99.3 Å². The molecule has 9 heteroatoms. The van der Waals surface area contributed by atoms with E-state index in [4.69, 9.17) is 0 Å². The molecule has 1 heterocycles. The Labute approximate surface area is 173 Å². The normalized spacial score (nSPS) is 13.3. The lowest BCUT2D eigenvalue weighted by molar-refractivity contribution is -0.540. The maximum absolute atomic E-state index is 13.1. The van der Waals surface area contributed by atoms with Gasteiger partial charge in [0.1, 0.15) is 5.78 Å². The standard InChI is InChI=1S/C19H23BrN2O5S/c1-13-5-7-17(8-6-13)28(26,27)21-12-15(20)9-16(21)10-18(22(24)25)19(3,4)11-14(2)23/h5-9,12,18H,10-11H2,1-4H3/t18-/m1/s1. The van der Waals surface area contributed by atoms with E-state index in [0.717, 1.165) is 9.54 Å². The molecule has 0 N–H and O–H groups in total. The number of ketones is 1. The van der Waals surface area contributed by atoms with Crippen LogP contribution in [0.4, 0.5) is 0 Å². The Kier molecular flexibility index (Phi) is 6.50. The Morgan fingerprint density at radius 2 is 1.86 bits per heavy atom. The first-order chi connectivity index (χ1) is 12.8. The van der Waals surface area contributed by atoms with E-state index in [0.29, 0.717) is 4.47 Å². The largest absolute Gasteiger partial charge is 0.300 e. The molecule has 0 unspecified atom stereocenters. The van der Waals surface area contributed by atoms with Gasteiger partial charge < -0.3 is 4.79 Å². The summed E-state index contributed by atoms with van der Waals surface area (Å²) in [5, 5.41) is 11.7. The van der Waals surface area contributed by atoms with Crippen molar-refractivity contribution in [2.24, 2.45) is 5.41 Å². The first kappa shape index (κ1) is 22.3. The van der Waals surface area contributed by atoms with E-state index in [1.807, 2.05) is 6.92 Å². The van der Waals surface area contributed by atoms with Crippen molar-refractivity contribution >= 4 is 31.7 Å². The van der Waals surface area contributed by atoms with Crippen LogP contribution in [0.5, 0.6) is 0 Å². The number of aryl methyl sites for hydroxylation is 1. The number of rotatable bonds is 8. The van der Waals surface area contributed by atoms with Crippen LogP contribution in [0.2, 0.25) is 0 Å². The molecule has 0 aliphatic carbocycles. The van der Waals surface area contributed by atoms with Crippen molar-refractivity contribution in [1.82, 2.24) is 3.97 Å². The second-order valence-corrected chi connectivity index (χ2v) is 10.4. The van der Waals surface area contributed by atoms with E-state index in [9.17, 15) is 23.3 Å². The van der Waals surface area contributed by atoms with Gasteiger partial charge in [-0.1, -0.05) is 31.5 Å². The molecular weight excluding hydrogens is 448 g/mol. The SMILES string of the molecule is CC(=O)CC(C)(C)[C@@H](Cc1cc(Br)cn1S(=O)(=O)c1ccc(C)cc1)[N+](=O)[O-]. The lowest BCUT2D eigenvalue weighted by Crippen LogP contribution is -2.40. The van der Waals surface area contributed by atoms with E-state index in [1.54, 1.807) is 32.0 Å². The van der Waals surface area contributed by atoms with Gasteiger partial charge in [-0.05, 0) is 48.0 Å². The van der Waals surface area contributed by atoms with Crippen molar-refractivity contribution in [3.8, 4) is 0 Å². The number of hydrogen-bond acceptors (Lipinski definition) is 5. The van der Waals surface area contributed by atoms with Gasteiger partial charge >= 0.3 is 0 Å². The van der Waals surface area contributed by atoms with Gasteiger partial charge in [0, 0.05) is 33.1 Å². The quantitative estimate of drug-likeness (QED) is 0.428. The average molecular weight is 471 g/mol. The summed E-state index contributed by atoms with van der Waals surface area (Å²) in [6.45, 7) is 6.55. The summed E-state index contributed by atoms with van der Waals surface area (Å²) in [5.74, 6) is -0.152. The first-order valence-electron chi connectivity index (χ1n) is 8.66. The van der Waals surface area contributed by atoms with E-state index >= 15 is 0 Å². The van der Waals surface area contributed by atoms with Crippen LogP contribution in [0.3, 0.4) is 0 Å². The van der Waals surface area contributed by atoms with Crippen molar-refractivity contribution in [2.75, 3.05) is 0 Å².